The molecule has 3 aromatic carbocycles. The molecule has 0 atom stereocenters. The van der Waals surface area contributed by atoms with Crippen LogP contribution in [0.1, 0.15) is 11.1 Å². The molecular formula is C22H17ClN2O3S. The van der Waals surface area contributed by atoms with Crippen molar-refractivity contribution < 1.29 is 12.8 Å². The molecule has 29 heavy (non-hydrogen) atoms. The SMILES string of the molecule is NS(=O)(=O)c1ccc(-c2ccc(Cl)cc2)c(-c2cnco2)c1Cc1ccccc1. The van der Waals surface area contributed by atoms with E-state index in [2.05, 4.69) is 4.98 Å². The van der Waals surface area contributed by atoms with E-state index >= 15 is 0 Å². The van der Waals surface area contributed by atoms with E-state index in [1.165, 1.54) is 12.5 Å². The van der Waals surface area contributed by atoms with E-state index in [1.807, 2.05) is 42.5 Å². The molecular weight excluding hydrogens is 408 g/mol. The average molecular weight is 425 g/mol. The van der Waals surface area contributed by atoms with Gasteiger partial charge in [-0.2, -0.15) is 0 Å². The maximum Gasteiger partial charge on any atom is 0.238 e. The smallest absolute Gasteiger partial charge is 0.238 e. The van der Waals surface area contributed by atoms with Crippen molar-refractivity contribution in [2.24, 2.45) is 5.14 Å². The number of sulfonamides is 1. The standard InChI is InChI=1S/C22H17ClN2O3S/c23-17-8-6-16(7-9-17)18-10-11-21(29(24,26)27)19(12-15-4-2-1-3-5-15)22(18)20-13-25-14-28-20/h1-11,13-14H,12H2,(H2,24,26,27). The maximum absolute atomic E-state index is 12.4. The van der Waals surface area contributed by atoms with Crippen LogP contribution in [0.5, 0.6) is 0 Å². The maximum atomic E-state index is 12.4. The zero-order chi connectivity index (χ0) is 20.4. The first kappa shape index (κ1) is 19.4. The molecule has 5 nitrogen and oxygen atoms in total. The molecule has 0 unspecified atom stereocenters. The van der Waals surface area contributed by atoms with E-state index in [0.29, 0.717) is 28.3 Å². The summed E-state index contributed by atoms with van der Waals surface area (Å²) in [7, 11) is -3.96. The molecule has 1 heterocycles. The fourth-order valence-electron chi connectivity index (χ4n) is 3.36. The summed E-state index contributed by atoms with van der Waals surface area (Å²) in [4.78, 5) is 4.08. The molecule has 4 rings (SSSR count). The average Bonchev–Trinajstić information content (AvgIpc) is 3.22. The fourth-order valence-corrected chi connectivity index (χ4v) is 4.26. The van der Waals surface area contributed by atoms with E-state index < -0.39 is 10.0 Å². The molecule has 7 heteroatoms. The number of hydrogen-bond acceptors (Lipinski definition) is 4. The normalized spacial score (nSPS) is 11.5. The van der Waals surface area contributed by atoms with E-state index in [9.17, 15) is 8.42 Å². The third kappa shape index (κ3) is 4.10. The Morgan fingerprint density at radius 1 is 0.966 bits per heavy atom. The zero-order valence-corrected chi connectivity index (χ0v) is 16.8. The Balaban J connectivity index is 2.03. The summed E-state index contributed by atoms with van der Waals surface area (Å²) in [6.45, 7) is 0. The van der Waals surface area contributed by atoms with Gasteiger partial charge in [0.15, 0.2) is 12.2 Å². The second-order valence-corrected chi connectivity index (χ2v) is 8.51. The van der Waals surface area contributed by atoms with E-state index in [1.54, 1.807) is 24.4 Å². The number of halogens is 1. The third-order valence-corrected chi connectivity index (χ3v) is 5.88. The number of primary sulfonamides is 1. The number of benzene rings is 3. The van der Waals surface area contributed by atoms with Crippen LogP contribution < -0.4 is 5.14 Å². The summed E-state index contributed by atoms with van der Waals surface area (Å²) in [5, 5.41) is 6.16. The van der Waals surface area contributed by atoms with Crippen LogP contribution in [0, 0.1) is 0 Å². The molecule has 1 aromatic heterocycles. The Kier molecular flexibility index (Phi) is 5.24. The molecule has 0 fully saturated rings. The second kappa shape index (κ2) is 7.83. The first-order valence-corrected chi connectivity index (χ1v) is 10.7. The van der Waals surface area contributed by atoms with E-state index in [0.717, 1.165) is 16.7 Å². The lowest BCUT2D eigenvalue weighted by Gasteiger charge is -2.17. The van der Waals surface area contributed by atoms with Gasteiger partial charge in [0.05, 0.1) is 11.1 Å². The molecule has 2 N–H and O–H groups in total. The fraction of sp³-hybridized carbons (Fsp3) is 0.0455. The van der Waals surface area contributed by atoms with E-state index in [-0.39, 0.29) is 4.90 Å². The minimum Gasteiger partial charge on any atom is -0.443 e. The van der Waals surface area contributed by atoms with Gasteiger partial charge in [0.1, 0.15) is 0 Å². The van der Waals surface area contributed by atoms with E-state index in [4.69, 9.17) is 21.2 Å². The predicted octanol–water partition coefficient (Wildman–Crippen LogP) is 4.90. The summed E-state index contributed by atoms with van der Waals surface area (Å²) in [5.41, 5.74) is 3.82. The summed E-state index contributed by atoms with van der Waals surface area (Å²) >= 11 is 6.04. The zero-order valence-electron chi connectivity index (χ0n) is 15.2. The van der Waals surface area contributed by atoms with Crippen molar-refractivity contribution >= 4 is 21.6 Å². The van der Waals surface area contributed by atoms with Crippen molar-refractivity contribution in [1.29, 1.82) is 0 Å². The molecule has 0 amide bonds. The van der Waals surface area contributed by atoms with Gasteiger partial charge < -0.3 is 4.42 Å². The number of rotatable bonds is 5. The Hall–Kier alpha value is -2.93. The van der Waals surface area contributed by atoms with Gasteiger partial charge in [0.2, 0.25) is 10.0 Å². The highest BCUT2D eigenvalue weighted by molar-refractivity contribution is 7.89. The monoisotopic (exact) mass is 424 g/mol. The number of hydrogen-bond donors (Lipinski definition) is 1. The molecule has 0 spiro atoms. The molecule has 0 aliphatic heterocycles. The summed E-state index contributed by atoms with van der Waals surface area (Å²) in [5.74, 6) is 0.464. The molecule has 146 valence electrons. The van der Waals surface area contributed by atoms with Crippen molar-refractivity contribution in [1.82, 2.24) is 4.98 Å². The van der Waals surface area contributed by atoms with Crippen LogP contribution in [0.4, 0.5) is 0 Å². The molecule has 0 radical (unpaired) electrons. The lowest BCUT2D eigenvalue weighted by molar-refractivity contribution is 0.571. The highest BCUT2D eigenvalue weighted by Gasteiger charge is 2.23. The second-order valence-electron chi connectivity index (χ2n) is 6.54. The topological polar surface area (TPSA) is 86.2 Å². The van der Waals surface area contributed by atoms with Gasteiger partial charge in [0, 0.05) is 10.6 Å². The highest BCUT2D eigenvalue weighted by atomic mass is 35.5. The Morgan fingerprint density at radius 3 is 2.31 bits per heavy atom. The Morgan fingerprint density at radius 2 is 1.69 bits per heavy atom. The quantitative estimate of drug-likeness (QED) is 0.493. The van der Waals surface area contributed by atoms with Gasteiger partial charge in [-0.15, -0.1) is 0 Å². The highest BCUT2D eigenvalue weighted by Crippen LogP contribution is 2.39. The molecule has 0 saturated heterocycles. The number of oxazole rings is 1. The van der Waals surface area contributed by atoms with Crippen molar-refractivity contribution in [2.75, 3.05) is 0 Å². The van der Waals surface area contributed by atoms with Crippen LogP contribution in [0.3, 0.4) is 0 Å². The Labute approximate surface area is 173 Å². The summed E-state index contributed by atoms with van der Waals surface area (Å²) in [6.07, 6.45) is 3.25. The minimum absolute atomic E-state index is 0.0606. The van der Waals surface area contributed by atoms with Crippen LogP contribution >= 0.6 is 11.6 Å². The van der Waals surface area contributed by atoms with Gasteiger partial charge in [0.25, 0.3) is 0 Å². The molecule has 0 aliphatic rings. The summed E-state index contributed by atoms with van der Waals surface area (Å²) in [6, 6.07) is 20.2. The molecule has 0 bridgehead atoms. The van der Waals surface area contributed by atoms with Crippen molar-refractivity contribution in [3.8, 4) is 22.5 Å². The van der Waals surface area contributed by atoms with Crippen LogP contribution in [-0.4, -0.2) is 13.4 Å². The minimum atomic E-state index is -3.96. The lowest BCUT2D eigenvalue weighted by Crippen LogP contribution is -2.16. The van der Waals surface area contributed by atoms with Gasteiger partial charge in [-0.25, -0.2) is 18.5 Å². The molecule has 0 saturated carbocycles. The number of nitrogens with zero attached hydrogens (tertiary/aromatic N) is 1. The van der Waals surface area contributed by atoms with Crippen molar-refractivity contribution in [3.63, 3.8) is 0 Å². The molecule has 0 aliphatic carbocycles. The van der Waals surface area contributed by atoms with Crippen LogP contribution in [0.25, 0.3) is 22.5 Å². The first-order chi connectivity index (χ1) is 13.9. The van der Waals surface area contributed by atoms with Gasteiger partial charge in [-0.3, -0.25) is 0 Å². The number of nitrogens with two attached hydrogens (primary N) is 1. The third-order valence-electron chi connectivity index (χ3n) is 4.63. The number of aromatic nitrogens is 1. The first-order valence-electron chi connectivity index (χ1n) is 8.81. The van der Waals surface area contributed by atoms with Crippen molar-refractivity contribution in [3.05, 3.63) is 95.5 Å². The lowest BCUT2D eigenvalue weighted by atomic mass is 9.91. The Bertz CT molecular complexity index is 1240. The van der Waals surface area contributed by atoms with Gasteiger partial charge >= 0.3 is 0 Å². The van der Waals surface area contributed by atoms with Gasteiger partial charge in [-0.05, 0) is 46.9 Å². The van der Waals surface area contributed by atoms with Crippen molar-refractivity contribution in [2.45, 2.75) is 11.3 Å². The summed E-state index contributed by atoms with van der Waals surface area (Å²) < 4.78 is 30.3. The van der Waals surface area contributed by atoms with Crippen LogP contribution in [-0.2, 0) is 16.4 Å². The molecule has 4 aromatic rings. The van der Waals surface area contributed by atoms with Crippen LogP contribution in [0.2, 0.25) is 5.02 Å². The van der Waals surface area contributed by atoms with Gasteiger partial charge in [-0.1, -0.05) is 60.1 Å². The largest absolute Gasteiger partial charge is 0.443 e. The van der Waals surface area contributed by atoms with Crippen LogP contribution in [0.15, 0.2) is 88.6 Å². The predicted molar refractivity (Wildman–Crippen MR) is 113 cm³/mol.